The molecule has 0 aromatic carbocycles. The zero-order valence-corrected chi connectivity index (χ0v) is 16.9. The Morgan fingerprint density at radius 3 is 2.61 bits per heavy atom. The Hall–Kier alpha value is -0.770. The van der Waals surface area contributed by atoms with Crippen LogP contribution in [-0.2, 0) is 4.74 Å². The van der Waals surface area contributed by atoms with Gasteiger partial charge < -0.3 is 25.4 Å². The Kier molecular flexibility index (Phi) is 10.5. The molecule has 0 aliphatic carbocycles. The van der Waals surface area contributed by atoms with Crippen molar-refractivity contribution >= 4 is 36.0 Å². The van der Waals surface area contributed by atoms with E-state index in [1.165, 1.54) is 0 Å². The van der Waals surface area contributed by atoms with Crippen molar-refractivity contribution in [2.24, 2.45) is 4.99 Å². The summed E-state index contributed by atoms with van der Waals surface area (Å²) in [7, 11) is 0. The minimum Gasteiger partial charge on any atom is -0.444 e. The smallest absolute Gasteiger partial charge is 0.407 e. The van der Waals surface area contributed by atoms with Crippen LogP contribution in [-0.4, -0.2) is 66.5 Å². The average molecular weight is 442 g/mol. The predicted molar refractivity (Wildman–Crippen MR) is 102 cm³/mol. The summed E-state index contributed by atoms with van der Waals surface area (Å²) in [5.74, 6) is 0.830. The first kappa shape index (κ1) is 22.2. The Morgan fingerprint density at radius 2 is 2.09 bits per heavy atom. The quantitative estimate of drug-likeness (QED) is 0.260. The maximum absolute atomic E-state index is 11.5. The maximum atomic E-state index is 11.5. The highest BCUT2D eigenvalue weighted by molar-refractivity contribution is 14.0. The third-order valence-electron chi connectivity index (χ3n) is 3.06. The van der Waals surface area contributed by atoms with Crippen LogP contribution >= 0.6 is 24.0 Å². The molecule has 0 unspecified atom stereocenters. The summed E-state index contributed by atoms with van der Waals surface area (Å²) >= 11 is 0. The highest BCUT2D eigenvalue weighted by atomic mass is 127. The number of aliphatic imine (C=N–C) groups is 1. The number of nitrogens with zero attached hydrogens (tertiary/aromatic N) is 2. The van der Waals surface area contributed by atoms with Gasteiger partial charge in [-0.25, -0.2) is 4.79 Å². The standard InChI is InChI=1S/C15H30N4O3.HI/c1-5-16-13(19-10-7-12(20)11-19)17-8-6-9-18-14(21)22-15(2,3)4;/h12,20H,5-11H2,1-4H3,(H,16,17)(H,18,21);1H/t12-;/m1./s1. The fourth-order valence-corrected chi connectivity index (χ4v) is 2.13. The number of rotatable bonds is 5. The predicted octanol–water partition coefficient (Wildman–Crippen LogP) is 1.55. The molecule has 0 spiro atoms. The molecule has 1 fully saturated rings. The van der Waals surface area contributed by atoms with E-state index in [4.69, 9.17) is 4.74 Å². The van der Waals surface area contributed by atoms with Crippen molar-refractivity contribution in [3.8, 4) is 0 Å². The summed E-state index contributed by atoms with van der Waals surface area (Å²) in [6, 6.07) is 0. The molecule has 7 nitrogen and oxygen atoms in total. The van der Waals surface area contributed by atoms with Crippen LogP contribution < -0.4 is 10.6 Å². The molecule has 1 heterocycles. The molecular formula is C15H31IN4O3. The molecule has 1 aliphatic heterocycles. The zero-order chi connectivity index (χ0) is 16.6. The van der Waals surface area contributed by atoms with Crippen molar-refractivity contribution in [3.05, 3.63) is 0 Å². The lowest BCUT2D eigenvalue weighted by molar-refractivity contribution is 0.0527. The van der Waals surface area contributed by atoms with Gasteiger partial charge in [0.2, 0.25) is 0 Å². The highest BCUT2D eigenvalue weighted by Crippen LogP contribution is 2.09. The van der Waals surface area contributed by atoms with Crippen LogP contribution in [0.15, 0.2) is 4.99 Å². The fraction of sp³-hybridized carbons (Fsp3) is 0.867. The number of aliphatic hydroxyl groups is 1. The van der Waals surface area contributed by atoms with E-state index in [-0.39, 0.29) is 30.1 Å². The van der Waals surface area contributed by atoms with E-state index < -0.39 is 11.7 Å². The minimum absolute atomic E-state index is 0. The van der Waals surface area contributed by atoms with Gasteiger partial charge in [0.25, 0.3) is 0 Å². The van der Waals surface area contributed by atoms with Gasteiger partial charge in [-0.05, 0) is 40.5 Å². The summed E-state index contributed by atoms with van der Waals surface area (Å²) in [5.41, 5.74) is -0.475. The van der Waals surface area contributed by atoms with Crippen LogP contribution in [0.1, 0.15) is 40.5 Å². The highest BCUT2D eigenvalue weighted by Gasteiger charge is 2.22. The fourth-order valence-electron chi connectivity index (χ4n) is 2.13. The lowest BCUT2D eigenvalue weighted by atomic mass is 10.2. The van der Waals surface area contributed by atoms with Gasteiger partial charge in [0, 0.05) is 32.7 Å². The largest absolute Gasteiger partial charge is 0.444 e. The molecule has 136 valence electrons. The maximum Gasteiger partial charge on any atom is 0.407 e. The first-order chi connectivity index (χ1) is 10.3. The molecule has 1 aliphatic rings. The summed E-state index contributed by atoms with van der Waals surface area (Å²) in [6.45, 7) is 10.9. The molecular weight excluding hydrogens is 411 g/mol. The number of amides is 1. The van der Waals surface area contributed by atoms with Crippen LogP contribution in [0, 0.1) is 0 Å². The number of aliphatic hydroxyl groups excluding tert-OH is 1. The number of alkyl carbamates (subject to hydrolysis) is 1. The molecule has 0 saturated carbocycles. The van der Waals surface area contributed by atoms with Gasteiger partial charge in [-0.2, -0.15) is 0 Å². The molecule has 0 aromatic rings. The molecule has 23 heavy (non-hydrogen) atoms. The van der Waals surface area contributed by atoms with E-state index in [1.807, 2.05) is 27.7 Å². The van der Waals surface area contributed by atoms with Gasteiger partial charge in [0.1, 0.15) is 5.60 Å². The number of nitrogens with one attached hydrogen (secondary N) is 2. The van der Waals surface area contributed by atoms with Gasteiger partial charge in [0.15, 0.2) is 5.96 Å². The summed E-state index contributed by atoms with van der Waals surface area (Å²) in [4.78, 5) is 18.1. The van der Waals surface area contributed by atoms with Crippen molar-refractivity contribution in [2.75, 3.05) is 32.7 Å². The molecule has 1 atom stereocenters. The van der Waals surface area contributed by atoms with E-state index >= 15 is 0 Å². The lowest BCUT2D eigenvalue weighted by Gasteiger charge is -2.21. The molecule has 1 saturated heterocycles. The molecule has 8 heteroatoms. The number of guanidine groups is 1. The second-order valence-corrected chi connectivity index (χ2v) is 6.41. The lowest BCUT2D eigenvalue weighted by Crippen LogP contribution is -2.40. The molecule has 0 aromatic heterocycles. The van der Waals surface area contributed by atoms with Crippen LogP contribution in [0.4, 0.5) is 4.79 Å². The Balaban J connectivity index is 0.00000484. The molecule has 0 radical (unpaired) electrons. The normalized spacial score (nSPS) is 18.4. The van der Waals surface area contributed by atoms with E-state index in [1.54, 1.807) is 0 Å². The van der Waals surface area contributed by atoms with Crippen molar-refractivity contribution in [3.63, 3.8) is 0 Å². The Morgan fingerprint density at radius 1 is 1.39 bits per heavy atom. The summed E-state index contributed by atoms with van der Waals surface area (Å²) in [5, 5.41) is 15.5. The number of β-amino-alcohol motifs (C(OH)–C–C–N with tert-alkyl or cyclic N) is 1. The number of likely N-dealkylation sites (tertiary alicyclic amines) is 1. The number of hydrogen-bond donors (Lipinski definition) is 3. The average Bonchev–Trinajstić information content (AvgIpc) is 2.81. The SMILES string of the molecule is CCNC(=NCCCNC(=O)OC(C)(C)C)N1CC[C@@H](O)C1.I. The number of carbonyl (C=O) groups is 1. The van der Waals surface area contributed by atoms with Gasteiger partial charge in [-0.3, -0.25) is 4.99 Å². The second kappa shape index (κ2) is 10.9. The summed E-state index contributed by atoms with van der Waals surface area (Å²) in [6.07, 6.45) is 0.860. The van der Waals surface area contributed by atoms with E-state index in [0.717, 1.165) is 31.9 Å². The van der Waals surface area contributed by atoms with Gasteiger partial charge in [0.05, 0.1) is 6.10 Å². The minimum atomic E-state index is -0.475. The van der Waals surface area contributed by atoms with Crippen LogP contribution in [0.5, 0.6) is 0 Å². The monoisotopic (exact) mass is 442 g/mol. The third kappa shape index (κ3) is 9.85. The Bertz CT molecular complexity index is 385. The van der Waals surface area contributed by atoms with E-state index in [0.29, 0.717) is 19.6 Å². The van der Waals surface area contributed by atoms with Crippen LogP contribution in [0.25, 0.3) is 0 Å². The van der Waals surface area contributed by atoms with Crippen molar-refractivity contribution in [2.45, 2.75) is 52.2 Å². The summed E-state index contributed by atoms with van der Waals surface area (Å²) < 4.78 is 5.16. The third-order valence-corrected chi connectivity index (χ3v) is 3.06. The number of ether oxygens (including phenoxy) is 1. The first-order valence-corrected chi connectivity index (χ1v) is 8.00. The number of carbonyl (C=O) groups excluding carboxylic acids is 1. The van der Waals surface area contributed by atoms with Gasteiger partial charge >= 0.3 is 6.09 Å². The number of hydrogen-bond acceptors (Lipinski definition) is 4. The second-order valence-electron chi connectivity index (χ2n) is 6.41. The number of halogens is 1. The topological polar surface area (TPSA) is 86.2 Å². The van der Waals surface area contributed by atoms with Gasteiger partial charge in [-0.1, -0.05) is 0 Å². The van der Waals surface area contributed by atoms with Crippen molar-refractivity contribution < 1.29 is 14.6 Å². The van der Waals surface area contributed by atoms with Crippen molar-refractivity contribution in [1.29, 1.82) is 0 Å². The van der Waals surface area contributed by atoms with E-state index in [2.05, 4.69) is 20.5 Å². The van der Waals surface area contributed by atoms with Gasteiger partial charge in [-0.15, -0.1) is 24.0 Å². The molecule has 0 bridgehead atoms. The molecule has 1 amide bonds. The molecule has 3 N–H and O–H groups in total. The first-order valence-electron chi connectivity index (χ1n) is 8.00. The Labute approximate surface area is 156 Å². The van der Waals surface area contributed by atoms with Crippen LogP contribution in [0.2, 0.25) is 0 Å². The zero-order valence-electron chi connectivity index (χ0n) is 14.6. The van der Waals surface area contributed by atoms with Crippen molar-refractivity contribution in [1.82, 2.24) is 15.5 Å². The van der Waals surface area contributed by atoms with E-state index in [9.17, 15) is 9.90 Å². The molecule has 1 rings (SSSR count). The van der Waals surface area contributed by atoms with Crippen LogP contribution in [0.3, 0.4) is 0 Å².